The largest absolute Gasteiger partial charge is 0.465 e. The highest BCUT2D eigenvalue weighted by atomic mass is 35.5. The molecule has 7 heteroatoms. The fourth-order valence-electron chi connectivity index (χ4n) is 7.60. The first-order valence-corrected chi connectivity index (χ1v) is 13.0. The zero-order valence-electron chi connectivity index (χ0n) is 19.2. The molecule has 0 aromatic heterocycles. The Morgan fingerprint density at radius 3 is 2.18 bits per heavy atom. The second kappa shape index (κ2) is 9.46. The fraction of sp³-hybridized carbons (Fsp3) is 0.692. The molecule has 0 aliphatic heterocycles. The first-order valence-electron chi connectivity index (χ1n) is 12.7. The van der Waals surface area contributed by atoms with Crippen molar-refractivity contribution in [2.75, 3.05) is 6.54 Å². The van der Waals surface area contributed by atoms with Crippen LogP contribution in [-0.2, 0) is 6.54 Å². The summed E-state index contributed by atoms with van der Waals surface area (Å²) in [4.78, 5) is 23.9. The minimum absolute atomic E-state index is 0.0559. The molecular weight excluding hydrogens is 438 g/mol. The van der Waals surface area contributed by atoms with E-state index in [1.165, 1.54) is 38.5 Å². The van der Waals surface area contributed by atoms with Crippen LogP contribution in [0.5, 0.6) is 0 Å². The molecule has 4 N–H and O–H groups in total. The topological polar surface area (TPSA) is 90.5 Å². The van der Waals surface area contributed by atoms with Crippen LogP contribution in [0.4, 0.5) is 4.79 Å². The first-order chi connectivity index (χ1) is 15.9. The molecule has 33 heavy (non-hydrogen) atoms. The van der Waals surface area contributed by atoms with Crippen LogP contribution in [0.1, 0.15) is 80.1 Å². The number of nitrogens with one attached hydrogen (secondary N) is 3. The maximum atomic E-state index is 13.1. The number of rotatable bonds is 7. The number of halogens is 1. The summed E-state index contributed by atoms with van der Waals surface area (Å²) in [6.07, 6.45) is 10.7. The Balaban J connectivity index is 1.14. The Bertz CT molecular complexity index is 861. The van der Waals surface area contributed by atoms with Crippen LogP contribution in [0.15, 0.2) is 18.2 Å². The minimum Gasteiger partial charge on any atom is -0.465 e. The summed E-state index contributed by atoms with van der Waals surface area (Å²) in [5.41, 5.74) is 1.92. The molecule has 0 radical (unpaired) electrons. The van der Waals surface area contributed by atoms with Gasteiger partial charge >= 0.3 is 6.09 Å². The Kier molecular flexibility index (Phi) is 6.58. The standard InChI is InChI=1S/C26H36ClN3O3/c27-23-6-1-16(14-28-20-2-4-21(5-3-20)30-25(32)33)10-22(23)24(31)29-15-26-11-17-7-18(12-26)9-19(8-17)13-26/h1,6,10,17-21,28,30H,2-5,7-9,11-15H2,(H,29,31)(H,32,33). The summed E-state index contributed by atoms with van der Waals surface area (Å²) in [6.45, 7) is 1.45. The molecule has 5 saturated carbocycles. The monoisotopic (exact) mass is 473 g/mol. The third-order valence-electron chi connectivity index (χ3n) is 8.71. The quantitative estimate of drug-likeness (QED) is 0.450. The van der Waals surface area contributed by atoms with Crippen molar-refractivity contribution in [2.24, 2.45) is 23.2 Å². The maximum absolute atomic E-state index is 13.1. The van der Waals surface area contributed by atoms with E-state index in [0.29, 0.717) is 28.6 Å². The SMILES string of the molecule is O=C(O)NC1CCC(NCc2ccc(Cl)c(C(=O)NCC34CC5CC(CC(C5)C3)C4)c2)CC1. The zero-order chi connectivity index (χ0) is 23.0. The first kappa shape index (κ1) is 23.0. The van der Waals surface area contributed by atoms with Crippen molar-refractivity contribution in [1.82, 2.24) is 16.0 Å². The third kappa shape index (κ3) is 5.32. The summed E-state index contributed by atoms with van der Waals surface area (Å²) in [5.74, 6) is 2.57. The number of carbonyl (C=O) groups excluding carboxylic acids is 1. The lowest BCUT2D eigenvalue weighted by molar-refractivity contribution is -0.0503. The third-order valence-corrected chi connectivity index (χ3v) is 9.04. The molecule has 1 aromatic carbocycles. The molecule has 4 bridgehead atoms. The molecular formula is C26H36ClN3O3. The lowest BCUT2D eigenvalue weighted by Gasteiger charge is -2.56. The van der Waals surface area contributed by atoms with E-state index in [4.69, 9.17) is 16.7 Å². The molecule has 0 spiro atoms. The van der Waals surface area contributed by atoms with E-state index < -0.39 is 6.09 Å². The van der Waals surface area contributed by atoms with Crippen LogP contribution >= 0.6 is 11.6 Å². The van der Waals surface area contributed by atoms with Gasteiger partial charge in [0.25, 0.3) is 5.91 Å². The van der Waals surface area contributed by atoms with Gasteiger partial charge in [-0.05, 0) is 105 Å². The summed E-state index contributed by atoms with van der Waals surface area (Å²) < 4.78 is 0. The summed E-state index contributed by atoms with van der Waals surface area (Å²) in [5, 5.41) is 18.8. The Morgan fingerprint density at radius 2 is 1.58 bits per heavy atom. The number of benzene rings is 1. The molecule has 5 aliphatic rings. The highest BCUT2D eigenvalue weighted by Crippen LogP contribution is 2.59. The molecule has 0 saturated heterocycles. The average molecular weight is 474 g/mol. The van der Waals surface area contributed by atoms with Crippen molar-refractivity contribution in [2.45, 2.75) is 82.8 Å². The number of amides is 2. The van der Waals surface area contributed by atoms with Crippen molar-refractivity contribution in [3.63, 3.8) is 0 Å². The average Bonchev–Trinajstić information content (AvgIpc) is 2.77. The molecule has 0 heterocycles. The Hall–Kier alpha value is -1.79. The lowest BCUT2D eigenvalue weighted by atomic mass is 9.49. The predicted molar refractivity (Wildman–Crippen MR) is 128 cm³/mol. The molecule has 180 valence electrons. The normalized spacial score (nSPS) is 34.8. The van der Waals surface area contributed by atoms with E-state index in [0.717, 1.165) is 55.5 Å². The van der Waals surface area contributed by atoms with Crippen LogP contribution in [0.25, 0.3) is 0 Å². The molecule has 6 rings (SSSR count). The van der Waals surface area contributed by atoms with Crippen molar-refractivity contribution in [1.29, 1.82) is 0 Å². The fourth-order valence-corrected chi connectivity index (χ4v) is 7.81. The van der Waals surface area contributed by atoms with Crippen LogP contribution in [0.3, 0.4) is 0 Å². The molecule has 2 amide bonds. The second-order valence-corrected chi connectivity index (χ2v) is 11.7. The lowest BCUT2D eigenvalue weighted by Crippen LogP contribution is -2.51. The predicted octanol–water partition coefficient (Wildman–Crippen LogP) is 4.95. The smallest absolute Gasteiger partial charge is 0.404 e. The van der Waals surface area contributed by atoms with Crippen molar-refractivity contribution >= 4 is 23.6 Å². The van der Waals surface area contributed by atoms with Gasteiger partial charge in [0, 0.05) is 25.2 Å². The van der Waals surface area contributed by atoms with Crippen molar-refractivity contribution < 1.29 is 14.7 Å². The number of hydrogen-bond donors (Lipinski definition) is 4. The molecule has 6 nitrogen and oxygen atoms in total. The van der Waals surface area contributed by atoms with Gasteiger partial charge in [-0.1, -0.05) is 17.7 Å². The molecule has 1 aromatic rings. The van der Waals surface area contributed by atoms with Gasteiger partial charge in [-0.3, -0.25) is 4.79 Å². The molecule has 0 unspecified atom stereocenters. The number of hydrogen-bond acceptors (Lipinski definition) is 3. The van der Waals surface area contributed by atoms with E-state index in [2.05, 4.69) is 16.0 Å². The van der Waals surface area contributed by atoms with Gasteiger partial charge in [-0.25, -0.2) is 4.79 Å². The van der Waals surface area contributed by atoms with Gasteiger partial charge in [0.2, 0.25) is 0 Å². The van der Waals surface area contributed by atoms with Crippen LogP contribution in [-0.4, -0.2) is 35.7 Å². The van der Waals surface area contributed by atoms with Gasteiger partial charge in [0.1, 0.15) is 0 Å². The Labute approximate surface area is 201 Å². The van der Waals surface area contributed by atoms with Gasteiger partial charge < -0.3 is 21.1 Å². The summed E-state index contributed by atoms with van der Waals surface area (Å²) in [6, 6.07) is 6.14. The summed E-state index contributed by atoms with van der Waals surface area (Å²) >= 11 is 6.42. The van der Waals surface area contributed by atoms with E-state index in [-0.39, 0.29) is 11.9 Å². The van der Waals surface area contributed by atoms with Crippen molar-refractivity contribution in [3.05, 3.63) is 34.3 Å². The number of carboxylic acid groups (broad SMARTS) is 1. The van der Waals surface area contributed by atoms with Crippen LogP contribution in [0, 0.1) is 23.2 Å². The number of carbonyl (C=O) groups is 2. The Morgan fingerprint density at radius 1 is 0.970 bits per heavy atom. The maximum Gasteiger partial charge on any atom is 0.404 e. The van der Waals surface area contributed by atoms with Crippen LogP contribution in [0.2, 0.25) is 5.02 Å². The van der Waals surface area contributed by atoms with Gasteiger partial charge in [-0.2, -0.15) is 0 Å². The highest BCUT2D eigenvalue weighted by Gasteiger charge is 2.50. The summed E-state index contributed by atoms with van der Waals surface area (Å²) in [7, 11) is 0. The molecule has 5 fully saturated rings. The minimum atomic E-state index is -0.943. The van der Waals surface area contributed by atoms with Gasteiger partial charge in [0.15, 0.2) is 0 Å². The second-order valence-electron chi connectivity index (χ2n) is 11.3. The van der Waals surface area contributed by atoms with E-state index in [9.17, 15) is 9.59 Å². The highest BCUT2D eigenvalue weighted by molar-refractivity contribution is 6.33. The zero-order valence-corrected chi connectivity index (χ0v) is 20.0. The van der Waals surface area contributed by atoms with Gasteiger partial charge in [-0.15, -0.1) is 0 Å². The van der Waals surface area contributed by atoms with Gasteiger partial charge in [0.05, 0.1) is 10.6 Å². The van der Waals surface area contributed by atoms with E-state index >= 15 is 0 Å². The van der Waals surface area contributed by atoms with Crippen LogP contribution < -0.4 is 16.0 Å². The van der Waals surface area contributed by atoms with E-state index in [1.807, 2.05) is 18.2 Å². The molecule has 0 atom stereocenters. The molecule has 5 aliphatic carbocycles. The van der Waals surface area contributed by atoms with E-state index in [1.54, 1.807) is 0 Å². The van der Waals surface area contributed by atoms with Crippen molar-refractivity contribution in [3.8, 4) is 0 Å².